The van der Waals surface area contributed by atoms with E-state index in [1.807, 2.05) is 6.07 Å². The summed E-state index contributed by atoms with van der Waals surface area (Å²) in [6.45, 7) is 5.62. The van der Waals surface area contributed by atoms with Crippen molar-refractivity contribution in [3.63, 3.8) is 0 Å². The van der Waals surface area contributed by atoms with E-state index >= 15 is 0 Å². The van der Waals surface area contributed by atoms with Crippen LogP contribution < -0.4 is 5.43 Å². The van der Waals surface area contributed by atoms with Crippen molar-refractivity contribution in [2.75, 3.05) is 25.1 Å². The SMILES string of the molecule is CCCN1CCC(=NNc2ccc(Cl)c(Cl)c2)CC1.Cl. The summed E-state index contributed by atoms with van der Waals surface area (Å²) < 4.78 is 0. The first-order valence-electron chi connectivity index (χ1n) is 6.68. The number of hydrogen-bond acceptors (Lipinski definition) is 3. The Morgan fingerprint density at radius 2 is 1.90 bits per heavy atom. The van der Waals surface area contributed by atoms with Gasteiger partial charge in [0.2, 0.25) is 0 Å². The number of nitrogens with one attached hydrogen (secondary N) is 1. The zero-order valence-electron chi connectivity index (χ0n) is 11.5. The third kappa shape index (κ3) is 5.13. The summed E-state index contributed by atoms with van der Waals surface area (Å²) in [7, 11) is 0. The third-order valence-corrected chi connectivity index (χ3v) is 3.97. The highest BCUT2D eigenvalue weighted by atomic mass is 35.5. The van der Waals surface area contributed by atoms with E-state index < -0.39 is 0 Å². The first kappa shape index (κ1) is 17.6. The zero-order chi connectivity index (χ0) is 13.7. The molecule has 0 amide bonds. The molecule has 1 aromatic rings. The van der Waals surface area contributed by atoms with Crippen molar-refractivity contribution in [2.45, 2.75) is 26.2 Å². The Morgan fingerprint density at radius 1 is 1.20 bits per heavy atom. The molecule has 0 saturated carbocycles. The van der Waals surface area contributed by atoms with Gasteiger partial charge in [-0.3, -0.25) is 5.43 Å². The Bertz CT molecular complexity index is 453. The molecule has 20 heavy (non-hydrogen) atoms. The van der Waals surface area contributed by atoms with E-state index in [4.69, 9.17) is 23.2 Å². The maximum Gasteiger partial charge on any atom is 0.0613 e. The minimum absolute atomic E-state index is 0. The summed E-state index contributed by atoms with van der Waals surface area (Å²) in [5.74, 6) is 0. The van der Waals surface area contributed by atoms with E-state index in [1.165, 1.54) is 18.7 Å². The number of hydrazone groups is 1. The monoisotopic (exact) mass is 335 g/mol. The van der Waals surface area contributed by atoms with Gasteiger partial charge in [-0.15, -0.1) is 12.4 Å². The molecule has 1 saturated heterocycles. The largest absolute Gasteiger partial charge is 0.303 e. The Labute approximate surface area is 136 Å². The summed E-state index contributed by atoms with van der Waals surface area (Å²) >= 11 is 11.8. The van der Waals surface area contributed by atoms with Crippen molar-refractivity contribution in [3.8, 4) is 0 Å². The molecule has 0 aromatic heterocycles. The maximum atomic E-state index is 5.96. The molecule has 0 unspecified atom stereocenters. The number of hydrogen-bond donors (Lipinski definition) is 1. The topological polar surface area (TPSA) is 27.6 Å². The van der Waals surface area contributed by atoms with E-state index in [9.17, 15) is 0 Å². The van der Waals surface area contributed by atoms with E-state index in [1.54, 1.807) is 12.1 Å². The van der Waals surface area contributed by atoms with Crippen molar-refractivity contribution >= 4 is 47.0 Å². The molecule has 1 fully saturated rings. The quantitative estimate of drug-likeness (QED) is 0.808. The average Bonchev–Trinajstić information content (AvgIpc) is 2.42. The Kier molecular flexibility index (Phi) is 7.67. The summed E-state index contributed by atoms with van der Waals surface area (Å²) in [5, 5.41) is 5.57. The second kappa shape index (κ2) is 8.73. The van der Waals surface area contributed by atoms with Crippen LogP contribution in [0.3, 0.4) is 0 Å². The highest BCUT2D eigenvalue weighted by Crippen LogP contribution is 2.25. The van der Waals surface area contributed by atoms with Gasteiger partial charge in [0.15, 0.2) is 0 Å². The fourth-order valence-corrected chi connectivity index (χ4v) is 2.47. The molecule has 0 spiro atoms. The molecular formula is C14H20Cl3N3. The maximum absolute atomic E-state index is 5.96. The van der Waals surface area contributed by atoms with Crippen LogP contribution in [-0.2, 0) is 0 Å². The molecule has 0 aliphatic carbocycles. The minimum atomic E-state index is 0. The van der Waals surface area contributed by atoms with E-state index in [0.717, 1.165) is 31.6 Å². The van der Waals surface area contributed by atoms with Crippen LogP contribution in [0.1, 0.15) is 26.2 Å². The Morgan fingerprint density at radius 3 is 2.50 bits per heavy atom. The van der Waals surface area contributed by atoms with Crippen molar-refractivity contribution in [1.82, 2.24) is 4.90 Å². The second-order valence-electron chi connectivity index (χ2n) is 4.76. The molecule has 0 radical (unpaired) electrons. The number of anilines is 1. The van der Waals surface area contributed by atoms with Crippen molar-refractivity contribution < 1.29 is 0 Å². The fourth-order valence-electron chi connectivity index (χ4n) is 2.17. The number of likely N-dealkylation sites (tertiary alicyclic amines) is 1. The van der Waals surface area contributed by atoms with Crippen LogP contribution in [0.25, 0.3) is 0 Å². The highest BCUT2D eigenvalue weighted by molar-refractivity contribution is 6.42. The van der Waals surface area contributed by atoms with Crippen LogP contribution in [0, 0.1) is 0 Å². The normalized spacial score (nSPS) is 15.7. The molecule has 1 aromatic carbocycles. The molecule has 1 aliphatic rings. The van der Waals surface area contributed by atoms with Gasteiger partial charge in [0, 0.05) is 31.6 Å². The molecule has 0 bridgehead atoms. The highest BCUT2D eigenvalue weighted by Gasteiger charge is 2.13. The van der Waals surface area contributed by atoms with Gasteiger partial charge in [-0.2, -0.15) is 5.10 Å². The summed E-state index contributed by atoms with van der Waals surface area (Å²) in [6, 6.07) is 5.45. The summed E-state index contributed by atoms with van der Waals surface area (Å²) in [6.07, 6.45) is 3.29. The lowest BCUT2D eigenvalue weighted by atomic mass is 10.1. The van der Waals surface area contributed by atoms with Crippen LogP contribution in [0.2, 0.25) is 10.0 Å². The molecular weight excluding hydrogens is 317 g/mol. The Balaban J connectivity index is 0.00000200. The third-order valence-electron chi connectivity index (χ3n) is 3.24. The molecule has 6 heteroatoms. The van der Waals surface area contributed by atoms with Crippen LogP contribution >= 0.6 is 35.6 Å². The van der Waals surface area contributed by atoms with Crippen LogP contribution in [0.15, 0.2) is 23.3 Å². The van der Waals surface area contributed by atoms with Gasteiger partial charge in [0.25, 0.3) is 0 Å². The fraction of sp³-hybridized carbons (Fsp3) is 0.500. The van der Waals surface area contributed by atoms with Gasteiger partial charge in [-0.05, 0) is 31.2 Å². The van der Waals surface area contributed by atoms with Crippen molar-refractivity contribution in [1.29, 1.82) is 0 Å². The number of rotatable bonds is 4. The lowest BCUT2D eigenvalue weighted by Gasteiger charge is -2.26. The standard InChI is InChI=1S/C14H19Cl2N3.ClH/c1-2-7-19-8-5-11(6-9-19)17-18-12-3-4-13(15)14(16)10-12;/h3-4,10,18H,2,5-9H2,1H3;1H. The van der Waals surface area contributed by atoms with Gasteiger partial charge in [0.05, 0.1) is 15.7 Å². The molecule has 112 valence electrons. The smallest absolute Gasteiger partial charge is 0.0613 e. The van der Waals surface area contributed by atoms with Crippen molar-refractivity contribution in [2.24, 2.45) is 5.10 Å². The first-order valence-corrected chi connectivity index (χ1v) is 7.43. The van der Waals surface area contributed by atoms with Gasteiger partial charge in [-0.1, -0.05) is 30.1 Å². The van der Waals surface area contributed by atoms with E-state index in [-0.39, 0.29) is 12.4 Å². The average molecular weight is 337 g/mol. The van der Waals surface area contributed by atoms with Crippen LogP contribution in [0.4, 0.5) is 5.69 Å². The van der Waals surface area contributed by atoms with Gasteiger partial charge < -0.3 is 4.90 Å². The van der Waals surface area contributed by atoms with Gasteiger partial charge in [-0.25, -0.2) is 0 Å². The Hall–Kier alpha value is -0.480. The number of benzene rings is 1. The first-order chi connectivity index (χ1) is 9.19. The van der Waals surface area contributed by atoms with E-state index in [2.05, 4.69) is 22.4 Å². The molecule has 0 atom stereocenters. The van der Waals surface area contributed by atoms with Gasteiger partial charge >= 0.3 is 0 Å². The van der Waals surface area contributed by atoms with Crippen molar-refractivity contribution in [3.05, 3.63) is 28.2 Å². The van der Waals surface area contributed by atoms with Crippen LogP contribution in [0.5, 0.6) is 0 Å². The number of nitrogens with zero attached hydrogens (tertiary/aromatic N) is 2. The van der Waals surface area contributed by atoms with Gasteiger partial charge in [0.1, 0.15) is 0 Å². The predicted octanol–water partition coefficient (Wildman–Crippen LogP) is 4.69. The molecule has 1 aliphatic heterocycles. The number of halogens is 3. The van der Waals surface area contributed by atoms with E-state index in [0.29, 0.717) is 10.0 Å². The van der Waals surface area contributed by atoms with Crippen LogP contribution in [-0.4, -0.2) is 30.2 Å². The molecule has 3 nitrogen and oxygen atoms in total. The molecule has 1 N–H and O–H groups in total. The number of piperidine rings is 1. The lowest BCUT2D eigenvalue weighted by molar-refractivity contribution is 0.275. The molecule has 2 rings (SSSR count). The minimum Gasteiger partial charge on any atom is -0.303 e. The predicted molar refractivity (Wildman–Crippen MR) is 90.7 cm³/mol. The summed E-state index contributed by atoms with van der Waals surface area (Å²) in [5.41, 5.74) is 5.15. The second-order valence-corrected chi connectivity index (χ2v) is 5.57. The lowest BCUT2D eigenvalue weighted by Crippen LogP contribution is -2.34. The zero-order valence-corrected chi connectivity index (χ0v) is 13.9. The molecule has 1 heterocycles. The summed E-state index contributed by atoms with van der Waals surface area (Å²) in [4.78, 5) is 2.48.